The second kappa shape index (κ2) is 9.17. The van der Waals surface area contributed by atoms with Gasteiger partial charge in [-0.25, -0.2) is 0 Å². The summed E-state index contributed by atoms with van der Waals surface area (Å²) < 4.78 is 12.9. The number of aryl methyl sites for hydroxylation is 1. The van der Waals surface area contributed by atoms with E-state index in [1.807, 2.05) is 36.5 Å². The largest absolute Gasteiger partial charge is 0.487 e. The van der Waals surface area contributed by atoms with E-state index in [2.05, 4.69) is 15.6 Å². The van der Waals surface area contributed by atoms with Crippen molar-refractivity contribution in [1.29, 1.82) is 0 Å². The Hall–Kier alpha value is -2.41. The number of benzene rings is 1. The summed E-state index contributed by atoms with van der Waals surface area (Å²) in [5, 5.41) is 11.1. The normalized spacial score (nSPS) is 16.7. The van der Waals surface area contributed by atoms with Crippen LogP contribution in [-0.2, 0) is 22.7 Å². The Morgan fingerprint density at radius 3 is 3.04 bits per heavy atom. The molecule has 1 aromatic heterocycles. The van der Waals surface area contributed by atoms with Crippen molar-refractivity contribution in [3.05, 3.63) is 42.2 Å². The molecule has 0 bridgehead atoms. The van der Waals surface area contributed by atoms with Crippen LogP contribution in [0.3, 0.4) is 0 Å². The second-order valence-electron chi connectivity index (χ2n) is 6.12. The third-order valence-corrected chi connectivity index (χ3v) is 4.06. The van der Waals surface area contributed by atoms with Crippen molar-refractivity contribution in [3.8, 4) is 5.75 Å². The van der Waals surface area contributed by atoms with E-state index in [9.17, 15) is 4.79 Å². The van der Waals surface area contributed by atoms with Gasteiger partial charge in [-0.2, -0.15) is 0 Å². The Bertz CT molecular complexity index is 653. The maximum atomic E-state index is 11.8. The number of amides is 1. The SMILES string of the molecule is O=C(CCCn1cc(COc2ccccc2)nn1)NCC1CCCO1. The van der Waals surface area contributed by atoms with Crippen LogP contribution in [-0.4, -0.2) is 40.2 Å². The number of aromatic nitrogens is 3. The van der Waals surface area contributed by atoms with E-state index in [0.717, 1.165) is 37.3 Å². The fourth-order valence-corrected chi connectivity index (χ4v) is 2.71. The fourth-order valence-electron chi connectivity index (χ4n) is 2.71. The van der Waals surface area contributed by atoms with Crippen LogP contribution in [0.25, 0.3) is 0 Å². The molecule has 0 aliphatic carbocycles. The van der Waals surface area contributed by atoms with Gasteiger partial charge in [0, 0.05) is 26.1 Å². The van der Waals surface area contributed by atoms with Crippen LogP contribution >= 0.6 is 0 Å². The highest BCUT2D eigenvalue weighted by molar-refractivity contribution is 5.75. The molecule has 0 spiro atoms. The lowest BCUT2D eigenvalue weighted by Crippen LogP contribution is -2.31. The van der Waals surface area contributed by atoms with Gasteiger partial charge in [0.25, 0.3) is 0 Å². The summed E-state index contributed by atoms with van der Waals surface area (Å²) in [5.74, 6) is 0.864. The molecule has 2 aromatic rings. The molecule has 134 valence electrons. The van der Waals surface area contributed by atoms with Crippen molar-refractivity contribution in [2.45, 2.75) is 44.9 Å². The number of ether oxygens (including phenoxy) is 2. The zero-order valence-electron chi connectivity index (χ0n) is 14.3. The first-order valence-electron chi connectivity index (χ1n) is 8.75. The number of nitrogens with one attached hydrogen (secondary N) is 1. The number of rotatable bonds is 9. The summed E-state index contributed by atoms with van der Waals surface area (Å²) in [7, 11) is 0. The van der Waals surface area contributed by atoms with Gasteiger partial charge in [0.05, 0.1) is 12.3 Å². The molecule has 1 aliphatic rings. The van der Waals surface area contributed by atoms with E-state index >= 15 is 0 Å². The summed E-state index contributed by atoms with van der Waals surface area (Å²) in [6.07, 6.45) is 5.36. The Kier molecular flexibility index (Phi) is 6.39. The summed E-state index contributed by atoms with van der Waals surface area (Å²) in [6, 6.07) is 9.60. The average molecular weight is 344 g/mol. The van der Waals surface area contributed by atoms with Crippen LogP contribution < -0.4 is 10.1 Å². The van der Waals surface area contributed by atoms with Gasteiger partial charge in [0.2, 0.25) is 5.91 Å². The minimum Gasteiger partial charge on any atom is -0.487 e. The molecule has 1 N–H and O–H groups in total. The maximum absolute atomic E-state index is 11.8. The first-order valence-corrected chi connectivity index (χ1v) is 8.75. The third-order valence-electron chi connectivity index (χ3n) is 4.06. The third kappa shape index (κ3) is 5.86. The summed E-state index contributed by atoms with van der Waals surface area (Å²) in [4.78, 5) is 11.8. The van der Waals surface area contributed by atoms with E-state index < -0.39 is 0 Å². The quantitative estimate of drug-likeness (QED) is 0.752. The lowest BCUT2D eigenvalue weighted by Gasteiger charge is -2.10. The predicted molar refractivity (Wildman–Crippen MR) is 92.0 cm³/mol. The molecule has 1 aromatic carbocycles. The molecule has 7 heteroatoms. The first kappa shape index (κ1) is 17.4. The number of carbonyl (C=O) groups excluding carboxylic acids is 1. The molecule has 3 rings (SSSR count). The minimum atomic E-state index is 0.0586. The van der Waals surface area contributed by atoms with Crippen molar-refractivity contribution < 1.29 is 14.3 Å². The van der Waals surface area contributed by atoms with Gasteiger partial charge in [-0.05, 0) is 31.4 Å². The average Bonchev–Trinajstić information content (AvgIpc) is 3.31. The summed E-state index contributed by atoms with van der Waals surface area (Å²) in [5.41, 5.74) is 0.770. The van der Waals surface area contributed by atoms with Crippen molar-refractivity contribution in [2.75, 3.05) is 13.2 Å². The molecule has 1 amide bonds. The van der Waals surface area contributed by atoms with Crippen LogP contribution in [0.5, 0.6) is 5.75 Å². The van der Waals surface area contributed by atoms with E-state index in [0.29, 0.717) is 26.1 Å². The lowest BCUT2D eigenvalue weighted by atomic mass is 10.2. The maximum Gasteiger partial charge on any atom is 0.220 e. The van der Waals surface area contributed by atoms with Gasteiger partial charge in [-0.3, -0.25) is 9.48 Å². The van der Waals surface area contributed by atoms with Crippen molar-refractivity contribution in [1.82, 2.24) is 20.3 Å². The van der Waals surface area contributed by atoms with Crippen molar-refractivity contribution in [2.24, 2.45) is 0 Å². The zero-order chi connectivity index (χ0) is 17.3. The van der Waals surface area contributed by atoms with Crippen LogP contribution in [0.1, 0.15) is 31.4 Å². The van der Waals surface area contributed by atoms with Gasteiger partial charge in [-0.1, -0.05) is 23.4 Å². The van der Waals surface area contributed by atoms with Gasteiger partial charge >= 0.3 is 0 Å². The van der Waals surface area contributed by atoms with Gasteiger partial charge < -0.3 is 14.8 Å². The van der Waals surface area contributed by atoms with Gasteiger partial charge in [0.15, 0.2) is 0 Å². The number of para-hydroxylation sites is 1. The topological polar surface area (TPSA) is 78.3 Å². The number of hydrogen-bond acceptors (Lipinski definition) is 5. The monoisotopic (exact) mass is 344 g/mol. The molecule has 0 saturated carbocycles. The molecule has 1 atom stereocenters. The van der Waals surface area contributed by atoms with E-state index in [4.69, 9.17) is 9.47 Å². The fraction of sp³-hybridized carbons (Fsp3) is 0.500. The molecule has 1 unspecified atom stereocenters. The van der Waals surface area contributed by atoms with E-state index in [1.54, 1.807) is 4.68 Å². The molecular weight excluding hydrogens is 320 g/mol. The number of hydrogen-bond donors (Lipinski definition) is 1. The highest BCUT2D eigenvalue weighted by Crippen LogP contribution is 2.11. The molecule has 1 saturated heterocycles. The Morgan fingerprint density at radius 2 is 2.24 bits per heavy atom. The minimum absolute atomic E-state index is 0.0586. The molecule has 1 aliphatic heterocycles. The molecular formula is C18H24N4O3. The van der Waals surface area contributed by atoms with Gasteiger partial charge in [0.1, 0.15) is 18.1 Å². The highest BCUT2D eigenvalue weighted by atomic mass is 16.5. The molecule has 25 heavy (non-hydrogen) atoms. The molecule has 1 fully saturated rings. The number of carbonyl (C=O) groups is 1. The smallest absolute Gasteiger partial charge is 0.220 e. The van der Waals surface area contributed by atoms with Crippen molar-refractivity contribution >= 4 is 5.91 Å². The predicted octanol–water partition coefficient (Wildman–Crippen LogP) is 1.93. The second-order valence-corrected chi connectivity index (χ2v) is 6.12. The summed E-state index contributed by atoms with van der Waals surface area (Å²) >= 11 is 0. The molecule has 7 nitrogen and oxygen atoms in total. The van der Waals surface area contributed by atoms with Crippen LogP contribution in [0.15, 0.2) is 36.5 Å². The number of nitrogens with zero attached hydrogens (tertiary/aromatic N) is 3. The molecule has 0 radical (unpaired) electrons. The van der Waals surface area contributed by atoms with E-state index in [-0.39, 0.29) is 12.0 Å². The van der Waals surface area contributed by atoms with Crippen LogP contribution in [0, 0.1) is 0 Å². The Morgan fingerprint density at radius 1 is 1.36 bits per heavy atom. The van der Waals surface area contributed by atoms with Crippen LogP contribution in [0.2, 0.25) is 0 Å². The molecule has 2 heterocycles. The Balaban J connectivity index is 1.32. The zero-order valence-corrected chi connectivity index (χ0v) is 14.3. The van der Waals surface area contributed by atoms with Gasteiger partial charge in [-0.15, -0.1) is 5.10 Å². The standard InChI is InChI=1S/C18H24N4O3/c23-18(19-12-17-8-5-11-24-17)9-4-10-22-13-15(20-21-22)14-25-16-6-2-1-3-7-16/h1-3,6-7,13,17H,4-5,8-12,14H2,(H,19,23). The summed E-state index contributed by atoms with van der Waals surface area (Å²) in [6.45, 7) is 2.46. The lowest BCUT2D eigenvalue weighted by molar-refractivity contribution is -0.121. The van der Waals surface area contributed by atoms with Crippen molar-refractivity contribution in [3.63, 3.8) is 0 Å². The Labute approximate surface area is 147 Å². The highest BCUT2D eigenvalue weighted by Gasteiger charge is 2.15. The first-order chi connectivity index (χ1) is 12.3. The van der Waals surface area contributed by atoms with E-state index in [1.165, 1.54) is 0 Å². The van der Waals surface area contributed by atoms with Crippen LogP contribution in [0.4, 0.5) is 0 Å².